The van der Waals surface area contributed by atoms with E-state index < -0.39 is 5.97 Å². The van der Waals surface area contributed by atoms with E-state index in [0.29, 0.717) is 13.2 Å². The fourth-order valence-corrected chi connectivity index (χ4v) is 2.33. The van der Waals surface area contributed by atoms with E-state index in [9.17, 15) is 9.59 Å². The lowest BCUT2D eigenvalue weighted by atomic mass is 9.91. The van der Waals surface area contributed by atoms with E-state index in [1.807, 2.05) is 17.5 Å². The van der Waals surface area contributed by atoms with Crippen LogP contribution in [0.2, 0.25) is 0 Å². The van der Waals surface area contributed by atoms with Crippen molar-refractivity contribution in [1.82, 2.24) is 10.6 Å². The number of esters is 1. The fraction of sp³-hybridized carbons (Fsp3) is 0.538. The summed E-state index contributed by atoms with van der Waals surface area (Å²) in [5.41, 5.74) is -0.130. The minimum absolute atomic E-state index is 0.112. The number of amides is 2. The van der Waals surface area contributed by atoms with Crippen LogP contribution in [0.5, 0.6) is 0 Å². The van der Waals surface area contributed by atoms with Crippen LogP contribution in [0.15, 0.2) is 17.5 Å². The zero-order valence-electron chi connectivity index (χ0n) is 11.5. The smallest absolute Gasteiger partial charge is 0.325 e. The number of ether oxygens (including phenoxy) is 1. The van der Waals surface area contributed by atoms with Gasteiger partial charge in [-0.2, -0.15) is 0 Å². The van der Waals surface area contributed by atoms with Gasteiger partial charge in [0, 0.05) is 16.8 Å². The number of urea groups is 1. The Morgan fingerprint density at radius 3 is 2.68 bits per heavy atom. The molecule has 0 unspecified atom stereocenters. The Balaban J connectivity index is 2.32. The third-order valence-corrected chi connectivity index (χ3v) is 3.81. The average Bonchev–Trinajstić information content (AvgIpc) is 2.89. The van der Waals surface area contributed by atoms with Gasteiger partial charge in [-0.25, -0.2) is 4.79 Å². The molecule has 0 fully saturated rings. The summed E-state index contributed by atoms with van der Waals surface area (Å²) in [4.78, 5) is 23.8. The van der Waals surface area contributed by atoms with Gasteiger partial charge >= 0.3 is 12.0 Å². The van der Waals surface area contributed by atoms with Gasteiger partial charge in [0.2, 0.25) is 0 Å². The molecule has 0 saturated carbocycles. The maximum atomic E-state index is 11.5. The first kappa shape index (κ1) is 15.5. The molecule has 2 amide bonds. The predicted molar refractivity (Wildman–Crippen MR) is 75.4 cm³/mol. The zero-order chi connectivity index (χ0) is 14.3. The molecular formula is C13H20N2O3S. The molecular weight excluding hydrogens is 264 g/mol. The molecule has 1 heterocycles. The van der Waals surface area contributed by atoms with Crippen LogP contribution in [-0.4, -0.2) is 31.7 Å². The van der Waals surface area contributed by atoms with Gasteiger partial charge in [-0.15, -0.1) is 11.3 Å². The highest BCUT2D eigenvalue weighted by atomic mass is 32.1. The van der Waals surface area contributed by atoms with Crippen LogP contribution in [0.4, 0.5) is 4.79 Å². The molecule has 0 atom stereocenters. The van der Waals surface area contributed by atoms with E-state index in [1.165, 1.54) is 4.88 Å². The van der Waals surface area contributed by atoms with Crippen LogP contribution in [0.25, 0.3) is 0 Å². The Morgan fingerprint density at radius 2 is 2.11 bits per heavy atom. The largest absolute Gasteiger partial charge is 0.465 e. The molecule has 0 saturated heterocycles. The molecule has 1 aromatic rings. The summed E-state index contributed by atoms with van der Waals surface area (Å²) < 4.78 is 4.72. The quantitative estimate of drug-likeness (QED) is 0.784. The molecule has 0 aliphatic rings. The SMILES string of the molecule is CCOC(=O)CNC(=O)NCC(C)(C)c1cccs1. The lowest BCUT2D eigenvalue weighted by molar-refractivity contribution is -0.141. The average molecular weight is 284 g/mol. The van der Waals surface area contributed by atoms with Gasteiger partial charge in [0.1, 0.15) is 6.54 Å². The van der Waals surface area contributed by atoms with Crippen molar-refractivity contribution in [1.29, 1.82) is 0 Å². The van der Waals surface area contributed by atoms with Crippen LogP contribution < -0.4 is 10.6 Å². The predicted octanol–water partition coefficient (Wildman–Crippen LogP) is 1.89. The number of carbonyl (C=O) groups is 2. The minimum atomic E-state index is -0.435. The zero-order valence-corrected chi connectivity index (χ0v) is 12.3. The van der Waals surface area contributed by atoms with Crippen LogP contribution in [0.3, 0.4) is 0 Å². The molecule has 1 aromatic heterocycles. The molecule has 6 heteroatoms. The van der Waals surface area contributed by atoms with Gasteiger partial charge in [0.25, 0.3) is 0 Å². The fourth-order valence-electron chi connectivity index (χ4n) is 1.48. The molecule has 2 N–H and O–H groups in total. The van der Waals surface area contributed by atoms with Crippen molar-refractivity contribution in [3.63, 3.8) is 0 Å². The Morgan fingerprint density at radius 1 is 1.37 bits per heavy atom. The molecule has 0 aromatic carbocycles. The van der Waals surface area contributed by atoms with Crippen molar-refractivity contribution >= 4 is 23.3 Å². The van der Waals surface area contributed by atoms with Crippen LogP contribution in [-0.2, 0) is 14.9 Å². The number of hydrogen-bond acceptors (Lipinski definition) is 4. The summed E-state index contributed by atoms with van der Waals surface area (Å²) in [5, 5.41) is 7.23. The van der Waals surface area contributed by atoms with Crippen molar-refractivity contribution in [2.75, 3.05) is 19.7 Å². The lowest BCUT2D eigenvalue weighted by Gasteiger charge is -2.23. The van der Waals surface area contributed by atoms with E-state index in [0.717, 1.165) is 0 Å². The number of rotatable bonds is 6. The number of carbonyl (C=O) groups excluding carboxylic acids is 2. The first-order valence-electron chi connectivity index (χ1n) is 6.17. The van der Waals surface area contributed by atoms with Gasteiger partial charge < -0.3 is 15.4 Å². The second-order valence-corrected chi connectivity index (χ2v) is 5.65. The topological polar surface area (TPSA) is 67.4 Å². The summed E-state index contributed by atoms with van der Waals surface area (Å²) in [6.45, 7) is 6.55. The molecule has 0 bridgehead atoms. The first-order chi connectivity index (χ1) is 8.95. The van der Waals surface area contributed by atoms with Crippen LogP contribution >= 0.6 is 11.3 Å². The third kappa shape index (κ3) is 5.30. The van der Waals surface area contributed by atoms with Crippen LogP contribution in [0, 0.1) is 0 Å². The number of hydrogen-bond donors (Lipinski definition) is 2. The van der Waals surface area contributed by atoms with Gasteiger partial charge in [0.05, 0.1) is 6.61 Å². The van der Waals surface area contributed by atoms with Crippen molar-refractivity contribution in [3.8, 4) is 0 Å². The Kier molecular flexibility index (Phi) is 5.82. The number of nitrogens with one attached hydrogen (secondary N) is 2. The monoisotopic (exact) mass is 284 g/mol. The van der Waals surface area contributed by atoms with Gasteiger partial charge in [0.15, 0.2) is 0 Å². The van der Waals surface area contributed by atoms with E-state index in [2.05, 4.69) is 24.5 Å². The van der Waals surface area contributed by atoms with Crippen molar-refractivity contribution < 1.29 is 14.3 Å². The summed E-state index contributed by atoms with van der Waals surface area (Å²) in [5.74, 6) is -0.435. The minimum Gasteiger partial charge on any atom is -0.465 e. The van der Waals surface area contributed by atoms with E-state index >= 15 is 0 Å². The lowest BCUT2D eigenvalue weighted by Crippen LogP contribution is -2.43. The third-order valence-electron chi connectivity index (χ3n) is 2.58. The Labute approximate surface area is 117 Å². The molecule has 19 heavy (non-hydrogen) atoms. The molecule has 106 valence electrons. The highest BCUT2D eigenvalue weighted by Crippen LogP contribution is 2.26. The second kappa shape index (κ2) is 7.13. The van der Waals surface area contributed by atoms with Crippen molar-refractivity contribution in [3.05, 3.63) is 22.4 Å². The van der Waals surface area contributed by atoms with Crippen LogP contribution in [0.1, 0.15) is 25.6 Å². The van der Waals surface area contributed by atoms with Gasteiger partial charge in [-0.05, 0) is 18.4 Å². The van der Waals surface area contributed by atoms with Crippen molar-refractivity contribution in [2.45, 2.75) is 26.2 Å². The summed E-state index contributed by atoms with van der Waals surface area (Å²) in [6, 6.07) is 3.67. The number of thiophene rings is 1. The standard InChI is InChI=1S/C13H20N2O3S/c1-4-18-11(16)8-14-12(17)15-9-13(2,3)10-6-5-7-19-10/h5-7H,4,8-9H2,1-3H3,(H2,14,15,17). The van der Waals surface area contributed by atoms with E-state index in [-0.39, 0.29) is 18.0 Å². The van der Waals surface area contributed by atoms with Crippen molar-refractivity contribution in [2.24, 2.45) is 0 Å². The first-order valence-corrected chi connectivity index (χ1v) is 7.05. The molecule has 1 rings (SSSR count). The molecule has 5 nitrogen and oxygen atoms in total. The normalized spacial score (nSPS) is 10.9. The maximum absolute atomic E-state index is 11.5. The molecule has 0 spiro atoms. The molecule has 0 radical (unpaired) electrons. The highest BCUT2D eigenvalue weighted by Gasteiger charge is 2.22. The summed E-state index contributed by atoms with van der Waals surface area (Å²) in [7, 11) is 0. The summed E-state index contributed by atoms with van der Waals surface area (Å²) >= 11 is 1.66. The molecule has 0 aliphatic carbocycles. The molecule has 0 aliphatic heterocycles. The van der Waals surface area contributed by atoms with E-state index in [4.69, 9.17) is 4.74 Å². The Bertz CT molecular complexity index is 416. The van der Waals surface area contributed by atoms with Gasteiger partial charge in [-0.1, -0.05) is 19.9 Å². The maximum Gasteiger partial charge on any atom is 0.325 e. The van der Waals surface area contributed by atoms with Gasteiger partial charge in [-0.3, -0.25) is 4.79 Å². The highest BCUT2D eigenvalue weighted by molar-refractivity contribution is 7.10. The Hall–Kier alpha value is -1.56. The summed E-state index contributed by atoms with van der Waals surface area (Å²) in [6.07, 6.45) is 0. The second-order valence-electron chi connectivity index (χ2n) is 4.70. The van der Waals surface area contributed by atoms with E-state index in [1.54, 1.807) is 18.3 Å².